The lowest BCUT2D eigenvalue weighted by atomic mass is 9.94. The first-order valence-electron chi connectivity index (χ1n) is 4.39. The fraction of sp³-hybridized carbons (Fsp3) is 0.400. The molecule has 0 saturated heterocycles. The van der Waals surface area contributed by atoms with Gasteiger partial charge in [0.2, 0.25) is 0 Å². The number of nitrogens with one attached hydrogen (secondary N) is 1. The molecular formula is C10H16N2O2. The summed E-state index contributed by atoms with van der Waals surface area (Å²) in [5.41, 5.74) is 9.55. The molecular weight excluding hydrogens is 180 g/mol. The summed E-state index contributed by atoms with van der Waals surface area (Å²) in [5.74, 6) is 0. The second kappa shape index (κ2) is 4.41. The molecule has 1 atom stereocenters. The van der Waals surface area contributed by atoms with Gasteiger partial charge in [-0.15, -0.1) is 0 Å². The maximum atomic E-state index is 9.09. The molecule has 0 aromatic heterocycles. The molecule has 0 spiro atoms. The quantitative estimate of drug-likeness (QED) is 0.624. The van der Waals surface area contributed by atoms with E-state index in [2.05, 4.69) is 5.48 Å². The Labute approximate surface area is 83.6 Å². The van der Waals surface area contributed by atoms with Gasteiger partial charge in [0.15, 0.2) is 0 Å². The summed E-state index contributed by atoms with van der Waals surface area (Å²) in [6.45, 7) is 1.68. The second-order valence-corrected chi connectivity index (χ2v) is 3.46. The standard InChI is InChI=1S/C10H16N2O2/c1-10(11,7-13)8-4-3-5-9(6-8)12-14-2/h3-6,12-13H,7,11H2,1-2H3. The van der Waals surface area contributed by atoms with Gasteiger partial charge in [-0.2, -0.15) is 0 Å². The van der Waals surface area contributed by atoms with Crippen LogP contribution in [-0.4, -0.2) is 18.8 Å². The smallest absolute Gasteiger partial charge is 0.0650 e. The number of aliphatic hydroxyl groups excluding tert-OH is 1. The third-order valence-electron chi connectivity index (χ3n) is 2.07. The van der Waals surface area contributed by atoms with E-state index >= 15 is 0 Å². The third-order valence-corrected chi connectivity index (χ3v) is 2.07. The van der Waals surface area contributed by atoms with Crippen molar-refractivity contribution in [1.82, 2.24) is 0 Å². The SMILES string of the molecule is CONc1cccc(C(C)(N)CO)c1. The van der Waals surface area contributed by atoms with Crippen molar-refractivity contribution in [1.29, 1.82) is 0 Å². The summed E-state index contributed by atoms with van der Waals surface area (Å²) in [7, 11) is 1.54. The van der Waals surface area contributed by atoms with Crippen molar-refractivity contribution in [3.63, 3.8) is 0 Å². The van der Waals surface area contributed by atoms with Crippen molar-refractivity contribution in [2.24, 2.45) is 5.73 Å². The molecule has 0 aliphatic rings. The van der Waals surface area contributed by atoms with E-state index in [1.165, 1.54) is 0 Å². The van der Waals surface area contributed by atoms with Crippen LogP contribution in [0.15, 0.2) is 24.3 Å². The second-order valence-electron chi connectivity index (χ2n) is 3.46. The minimum atomic E-state index is -0.717. The molecule has 78 valence electrons. The Morgan fingerprint density at radius 1 is 1.57 bits per heavy atom. The number of rotatable bonds is 4. The molecule has 1 unspecified atom stereocenters. The Morgan fingerprint density at radius 2 is 2.29 bits per heavy atom. The van der Waals surface area contributed by atoms with E-state index in [0.717, 1.165) is 11.3 Å². The molecule has 0 aliphatic heterocycles. The monoisotopic (exact) mass is 196 g/mol. The minimum Gasteiger partial charge on any atom is -0.394 e. The largest absolute Gasteiger partial charge is 0.394 e. The van der Waals surface area contributed by atoms with Crippen LogP contribution < -0.4 is 11.2 Å². The molecule has 0 fully saturated rings. The number of hydrogen-bond acceptors (Lipinski definition) is 4. The van der Waals surface area contributed by atoms with Crippen molar-refractivity contribution in [3.8, 4) is 0 Å². The van der Waals surface area contributed by atoms with Crippen LogP contribution in [0, 0.1) is 0 Å². The Kier molecular flexibility index (Phi) is 3.46. The fourth-order valence-electron chi connectivity index (χ4n) is 1.15. The topological polar surface area (TPSA) is 67.5 Å². The molecule has 0 amide bonds. The average Bonchev–Trinajstić information content (AvgIpc) is 2.19. The summed E-state index contributed by atoms with van der Waals surface area (Å²) in [4.78, 5) is 4.78. The molecule has 1 rings (SSSR count). The van der Waals surface area contributed by atoms with Gasteiger partial charge in [0.25, 0.3) is 0 Å². The van der Waals surface area contributed by atoms with Gasteiger partial charge in [-0.05, 0) is 24.6 Å². The molecule has 1 aromatic rings. The van der Waals surface area contributed by atoms with Crippen molar-refractivity contribution in [3.05, 3.63) is 29.8 Å². The predicted octanol–water partition coefficient (Wildman–Crippen LogP) is 0.826. The van der Waals surface area contributed by atoms with Gasteiger partial charge >= 0.3 is 0 Å². The summed E-state index contributed by atoms with van der Waals surface area (Å²) in [6, 6.07) is 7.44. The Hall–Kier alpha value is -1.10. The molecule has 4 N–H and O–H groups in total. The Morgan fingerprint density at radius 3 is 2.86 bits per heavy atom. The van der Waals surface area contributed by atoms with Crippen molar-refractivity contribution in [2.75, 3.05) is 19.2 Å². The lowest BCUT2D eigenvalue weighted by Gasteiger charge is -2.22. The molecule has 4 nitrogen and oxygen atoms in total. The van der Waals surface area contributed by atoms with Crippen LogP contribution >= 0.6 is 0 Å². The van der Waals surface area contributed by atoms with E-state index in [0.29, 0.717) is 0 Å². The normalized spacial score (nSPS) is 14.9. The van der Waals surface area contributed by atoms with Crippen LogP contribution in [0.1, 0.15) is 12.5 Å². The van der Waals surface area contributed by atoms with E-state index < -0.39 is 5.54 Å². The van der Waals surface area contributed by atoms with Crippen LogP contribution in [0.25, 0.3) is 0 Å². The van der Waals surface area contributed by atoms with Crippen molar-refractivity contribution >= 4 is 5.69 Å². The zero-order valence-electron chi connectivity index (χ0n) is 8.45. The van der Waals surface area contributed by atoms with E-state index in [1.54, 1.807) is 14.0 Å². The predicted molar refractivity (Wildman–Crippen MR) is 55.7 cm³/mol. The average molecular weight is 196 g/mol. The van der Waals surface area contributed by atoms with Crippen LogP contribution in [0.4, 0.5) is 5.69 Å². The van der Waals surface area contributed by atoms with Crippen molar-refractivity contribution in [2.45, 2.75) is 12.5 Å². The molecule has 14 heavy (non-hydrogen) atoms. The van der Waals surface area contributed by atoms with Crippen LogP contribution in [0.2, 0.25) is 0 Å². The van der Waals surface area contributed by atoms with Crippen molar-refractivity contribution < 1.29 is 9.94 Å². The lowest BCUT2D eigenvalue weighted by molar-refractivity contribution is 0.210. The first kappa shape index (κ1) is 11.0. The van der Waals surface area contributed by atoms with E-state index in [4.69, 9.17) is 15.7 Å². The summed E-state index contributed by atoms with van der Waals surface area (Å²) >= 11 is 0. The molecule has 0 radical (unpaired) electrons. The number of nitrogens with two attached hydrogens (primary N) is 1. The van der Waals surface area contributed by atoms with Gasteiger partial charge in [0, 0.05) is 0 Å². The van der Waals surface area contributed by atoms with E-state index in [1.807, 2.05) is 24.3 Å². The first-order chi connectivity index (χ1) is 6.60. The van der Waals surface area contributed by atoms with Gasteiger partial charge in [-0.3, -0.25) is 10.3 Å². The number of benzene rings is 1. The lowest BCUT2D eigenvalue weighted by Crippen LogP contribution is -2.36. The highest BCUT2D eigenvalue weighted by Gasteiger charge is 2.19. The van der Waals surface area contributed by atoms with Gasteiger partial charge in [-0.1, -0.05) is 12.1 Å². The molecule has 0 saturated carbocycles. The summed E-state index contributed by atoms with van der Waals surface area (Å²) in [6.07, 6.45) is 0. The van der Waals surface area contributed by atoms with Gasteiger partial charge < -0.3 is 10.8 Å². The summed E-state index contributed by atoms with van der Waals surface area (Å²) in [5, 5.41) is 9.09. The van der Waals surface area contributed by atoms with Gasteiger partial charge in [0.1, 0.15) is 0 Å². The molecule has 1 aromatic carbocycles. The van der Waals surface area contributed by atoms with Gasteiger partial charge in [0.05, 0.1) is 24.9 Å². The number of aliphatic hydroxyl groups is 1. The van der Waals surface area contributed by atoms with Gasteiger partial charge in [-0.25, -0.2) is 0 Å². The summed E-state index contributed by atoms with van der Waals surface area (Å²) < 4.78 is 0. The maximum absolute atomic E-state index is 9.09. The highest BCUT2D eigenvalue weighted by molar-refractivity contribution is 5.45. The maximum Gasteiger partial charge on any atom is 0.0650 e. The molecule has 0 heterocycles. The van der Waals surface area contributed by atoms with Crippen LogP contribution in [0.3, 0.4) is 0 Å². The zero-order chi connectivity index (χ0) is 10.6. The fourth-order valence-corrected chi connectivity index (χ4v) is 1.15. The van der Waals surface area contributed by atoms with E-state index in [-0.39, 0.29) is 6.61 Å². The Balaban J connectivity index is 2.93. The zero-order valence-corrected chi connectivity index (χ0v) is 8.45. The van der Waals surface area contributed by atoms with E-state index in [9.17, 15) is 0 Å². The number of hydrogen-bond donors (Lipinski definition) is 3. The van der Waals surface area contributed by atoms with Crippen LogP contribution in [-0.2, 0) is 10.4 Å². The third kappa shape index (κ3) is 2.45. The highest BCUT2D eigenvalue weighted by Crippen LogP contribution is 2.20. The molecule has 0 bridgehead atoms. The molecule has 0 aliphatic carbocycles. The Bertz CT molecular complexity index is 300. The first-order valence-corrected chi connectivity index (χ1v) is 4.39. The number of anilines is 1. The highest BCUT2D eigenvalue weighted by atomic mass is 16.6. The van der Waals surface area contributed by atoms with Crippen LogP contribution in [0.5, 0.6) is 0 Å². The molecule has 4 heteroatoms. The minimum absolute atomic E-state index is 0.0938.